The molecule has 0 saturated heterocycles. The van der Waals surface area contributed by atoms with Gasteiger partial charge in [-0.05, 0) is 19.4 Å². The summed E-state index contributed by atoms with van der Waals surface area (Å²) in [7, 11) is 0. The fourth-order valence-corrected chi connectivity index (χ4v) is 1.01. The molecule has 0 unspecified atom stereocenters. The fraction of sp³-hybridized carbons (Fsp3) is 0.500. The summed E-state index contributed by atoms with van der Waals surface area (Å²) in [5, 5.41) is 0. The topological polar surface area (TPSA) is 12.4 Å². The standard InChI is InChI=1S/C6H8IN/c1-6(7)4-2-3-5-8-6/h2-3,5H,4H2,1H3/t6-/m1/s1. The number of nitrogens with zero attached hydrogens (tertiary/aromatic N) is 1. The Kier molecular flexibility index (Phi) is 1.70. The van der Waals surface area contributed by atoms with E-state index in [2.05, 4.69) is 40.6 Å². The van der Waals surface area contributed by atoms with Gasteiger partial charge in [-0.15, -0.1) is 0 Å². The Balaban J connectivity index is 2.65. The summed E-state index contributed by atoms with van der Waals surface area (Å²) in [5.74, 6) is 0. The van der Waals surface area contributed by atoms with E-state index in [0.717, 1.165) is 6.42 Å². The normalized spacial score (nSPS) is 35.8. The highest BCUT2D eigenvalue weighted by atomic mass is 127. The van der Waals surface area contributed by atoms with E-state index in [4.69, 9.17) is 0 Å². The van der Waals surface area contributed by atoms with E-state index in [-0.39, 0.29) is 3.55 Å². The summed E-state index contributed by atoms with van der Waals surface area (Å²) in [6, 6.07) is 0. The van der Waals surface area contributed by atoms with Crippen LogP contribution < -0.4 is 0 Å². The summed E-state index contributed by atoms with van der Waals surface area (Å²) < 4.78 is 0.131. The van der Waals surface area contributed by atoms with Crippen LogP contribution in [0.1, 0.15) is 13.3 Å². The first-order chi connectivity index (χ1) is 3.71. The van der Waals surface area contributed by atoms with E-state index < -0.39 is 0 Å². The van der Waals surface area contributed by atoms with Gasteiger partial charge in [0.1, 0.15) is 3.55 Å². The van der Waals surface area contributed by atoms with Crippen LogP contribution in [0.25, 0.3) is 0 Å². The minimum Gasteiger partial charge on any atom is -0.276 e. The minimum absolute atomic E-state index is 0.131. The number of allylic oxidation sites excluding steroid dienone is 1. The molecule has 0 fully saturated rings. The van der Waals surface area contributed by atoms with Gasteiger partial charge in [0.2, 0.25) is 0 Å². The van der Waals surface area contributed by atoms with Crippen LogP contribution in [0.3, 0.4) is 0 Å². The zero-order valence-corrected chi connectivity index (χ0v) is 6.92. The van der Waals surface area contributed by atoms with Gasteiger partial charge in [0.25, 0.3) is 0 Å². The largest absolute Gasteiger partial charge is 0.276 e. The molecule has 1 atom stereocenters. The number of hydrogen-bond donors (Lipinski definition) is 0. The van der Waals surface area contributed by atoms with Crippen LogP contribution in [-0.2, 0) is 0 Å². The van der Waals surface area contributed by atoms with Crippen molar-refractivity contribution in [3.8, 4) is 0 Å². The van der Waals surface area contributed by atoms with Crippen molar-refractivity contribution in [2.45, 2.75) is 16.9 Å². The molecular formula is C6H8IN. The highest BCUT2D eigenvalue weighted by molar-refractivity contribution is 14.1. The van der Waals surface area contributed by atoms with Crippen LogP contribution in [0, 0.1) is 0 Å². The van der Waals surface area contributed by atoms with Crippen molar-refractivity contribution >= 4 is 28.8 Å². The Morgan fingerprint density at radius 1 is 1.75 bits per heavy atom. The SMILES string of the molecule is C[C@]1(I)CC=CC=N1. The number of rotatable bonds is 0. The van der Waals surface area contributed by atoms with Crippen molar-refractivity contribution < 1.29 is 0 Å². The van der Waals surface area contributed by atoms with Crippen molar-refractivity contribution in [3.63, 3.8) is 0 Å². The first-order valence-corrected chi connectivity index (χ1v) is 3.68. The molecule has 1 heterocycles. The van der Waals surface area contributed by atoms with Crippen molar-refractivity contribution in [2.75, 3.05) is 0 Å². The van der Waals surface area contributed by atoms with Gasteiger partial charge in [-0.1, -0.05) is 28.7 Å². The Hall–Kier alpha value is 0.140. The van der Waals surface area contributed by atoms with Crippen LogP contribution in [0.2, 0.25) is 0 Å². The lowest BCUT2D eigenvalue weighted by Crippen LogP contribution is -2.12. The fourth-order valence-electron chi connectivity index (χ4n) is 0.595. The molecule has 44 valence electrons. The second-order valence-electron chi connectivity index (χ2n) is 2.05. The maximum absolute atomic E-state index is 4.24. The third-order valence-corrected chi connectivity index (χ3v) is 1.78. The minimum atomic E-state index is 0.131. The molecule has 0 aromatic rings. The molecule has 0 saturated carbocycles. The Morgan fingerprint density at radius 3 is 2.75 bits per heavy atom. The average molecular weight is 221 g/mol. The molecule has 2 heteroatoms. The van der Waals surface area contributed by atoms with Crippen molar-refractivity contribution in [1.29, 1.82) is 0 Å². The molecule has 0 aliphatic carbocycles. The van der Waals surface area contributed by atoms with Gasteiger partial charge < -0.3 is 0 Å². The number of alkyl halides is 1. The number of hydrogen-bond acceptors (Lipinski definition) is 1. The first-order valence-electron chi connectivity index (χ1n) is 2.60. The molecule has 1 aliphatic rings. The zero-order valence-electron chi connectivity index (χ0n) is 4.76. The summed E-state index contributed by atoms with van der Waals surface area (Å²) in [6.45, 7) is 2.12. The molecule has 8 heavy (non-hydrogen) atoms. The van der Waals surface area contributed by atoms with Crippen LogP contribution in [0.4, 0.5) is 0 Å². The summed E-state index contributed by atoms with van der Waals surface area (Å²) in [5.41, 5.74) is 0. The van der Waals surface area contributed by atoms with Gasteiger partial charge in [0, 0.05) is 6.21 Å². The smallest absolute Gasteiger partial charge is 0.112 e. The molecule has 0 radical (unpaired) electrons. The molecular weight excluding hydrogens is 213 g/mol. The lowest BCUT2D eigenvalue weighted by molar-refractivity contribution is 0.726. The third-order valence-electron chi connectivity index (χ3n) is 1.06. The first kappa shape index (κ1) is 6.26. The second kappa shape index (κ2) is 2.17. The Labute approximate surface area is 63.0 Å². The van der Waals surface area contributed by atoms with Gasteiger partial charge in [-0.3, -0.25) is 4.99 Å². The Bertz CT molecular complexity index is 135. The van der Waals surface area contributed by atoms with Gasteiger partial charge in [-0.25, -0.2) is 0 Å². The van der Waals surface area contributed by atoms with Crippen molar-refractivity contribution in [2.24, 2.45) is 4.99 Å². The lowest BCUT2D eigenvalue weighted by atomic mass is 10.2. The van der Waals surface area contributed by atoms with Crippen molar-refractivity contribution in [1.82, 2.24) is 0 Å². The van der Waals surface area contributed by atoms with Gasteiger partial charge in [0.15, 0.2) is 0 Å². The summed E-state index contributed by atoms with van der Waals surface area (Å²) in [6.07, 6.45) is 7.04. The Morgan fingerprint density at radius 2 is 2.50 bits per heavy atom. The van der Waals surface area contributed by atoms with E-state index in [1.807, 2.05) is 12.3 Å². The second-order valence-corrected chi connectivity index (χ2v) is 4.38. The predicted molar refractivity (Wildman–Crippen MR) is 44.7 cm³/mol. The maximum Gasteiger partial charge on any atom is 0.112 e. The van der Waals surface area contributed by atoms with E-state index in [9.17, 15) is 0 Å². The molecule has 0 bridgehead atoms. The van der Waals surface area contributed by atoms with E-state index in [1.54, 1.807) is 0 Å². The lowest BCUT2D eigenvalue weighted by Gasteiger charge is -2.16. The van der Waals surface area contributed by atoms with Gasteiger partial charge >= 0.3 is 0 Å². The molecule has 1 aliphatic heterocycles. The highest BCUT2D eigenvalue weighted by Crippen LogP contribution is 2.25. The van der Waals surface area contributed by atoms with E-state index in [1.165, 1.54) is 0 Å². The molecule has 0 N–H and O–H groups in total. The summed E-state index contributed by atoms with van der Waals surface area (Å²) >= 11 is 2.34. The average Bonchev–Trinajstić information content (AvgIpc) is 1.65. The molecule has 1 nitrogen and oxygen atoms in total. The molecule has 0 aromatic heterocycles. The molecule has 0 aromatic carbocycles. The van der Waals surface area contributed by atoms with E-state index in [0.29, 0.717) is 0 Å². The van der Waals surface area contributed by atoms with Crippen LogP contribution in [0.15, 0.2) is 17.1 Å². The predicted octanol–water partition coefficient (Wildman–Crippen LogP) is 2.17. The van der Waals surface area contributed by atoms with E-state index >= 15 is 0 Å². The van der Waals surface area contributed by atoms with Gasteiger partial charge in [0.05, 0.1) is 0 Å². The molecule has 0 amide bonds. The van der Waals surface area contributed by atoms with Crippen LogP contribution in [-0.4, -0.2) is 9.76 Å². The highest BCUT2D eigenvalue weighted by Gasteiger charge is 2.15. The molecule has 0 spiro atoms. The van der Waals surface area contributed by atoms with Crippen molar-refractivity contribution in [3.05, 3.63) is 12.2 Å². The monoisotopic (exact) mass is 221 g/mol. The maximum atomic E-state index is 4.24. The zero-order chi connectivity index (χ0) is 6.04. The van der Waals surface area contributed by atoms with Crippen LogP contribution in [0.5, 0.6) is 0 Å². The number of aliphatic imine (C=N–C) groups is 1. The number of dihydropyridines is 1. The number of halogens is 1. The summed E-state index contributed by atoms with van der Waals surface area (Å²) in [4.78, 5) is 4.24. The molecule has 1 rings (SSSR count). The van der Waals surface area contributed by atoms with Crippen LogP contribution >= 0.6 is 22.6 Å². The quantitative estimate of drug-likeness (QED) is 0.337. The van der Waals surface area contributed by atoms with Gasteiger partial charge in [-0.2, -0.15) is 0 Å². The third kappa shape index (κ3) is 1.58.